The molecular formula is C16H25ClN2O2. The zero-order chi connectivity index (χ0) is 14.4. The third-order valence-electron chi connectivity index (χ3n) is 3.84. The predicted molar refractivity (Wildman–Crippen MR) is 86.9 cm³/mol. The third kappa shape index (κ3) is 5.21. The van der Waals surface area contributed by atoms with Gasteiger partial charge >= 0.3 is 0 Å². The van der Waals surface area contributed by atoms with Crippen molar-refractivity contribution in [2.24, 2.45) is 5.73 Å². The highest BCUT2D eigenvalue weighted by Gasteiger charge is 2.36. The summed E-state index contributed by atoms with van der Waals surface area (Å²) in [6.45, 7) is 3.26. The lowest BCUT2D eigenvalue weighted by atomic mass is 9.98. The first-order chi connectivity index (χ1) is 9.60. The number of rotatable bonds is 6. The Morgan fingerprint density at radius 3 is 2.52 bits per heavy atom. The lowest BCUT2D eigenvalue weighted by Crippen LogP contribution is -2.52. The van der Waals surface area contributed by atoms with E-state index in [9.17, 15) is 4.79 Å². The maximum Gasteiger partial charge on any atom is 0.240 e. The summed E-state index contributed by atoms with van der Waals surface area (Å²) in [7, 11) is 0. The molecule has 1 aromatic carbocycles. The molecule has 4 nitrogen and oxygen atoms in total. The number of ether oxygens (including phenoxy) is 1. The van der Waals surface area contributed by atoms with Crippen molar-refractivity contribution >= 4 is 18.3 Å². The van der Waals surface area contributed by atoms with Crippen LogP contribution in [0.4, 0.5) is 0 Å². The van der Waals surface area contributed by atoms with Gasteiger partial charge in [0.05, 0.1) is 12.1 Å². The zero-order valence-electron chi connectivity index (χ0n) is 12.6. The van der Waals surface area contributed by atoms with Crippen LogP contribution in [0.2, 0.25) is 0 Å². The molecule has 1 fully saturated rings. The quantitative estimate of drug-likeness (QED) is 0.794. The number of carbonyl (C=O) groups is 1. The molecule has 1 saturated carbocycles. The minimum atomic E-state index is -0.627. The van der Waals surface area contributed by atoms with Crippen molar-refractivity contribution in [3.63, 3.8) is 0 Å². The van der Waals surface area contributed by atoms with E-state index < -0.39 is 5.54 Å². The fourth-order valence-corrected chi connectivity index (χ4v) is 2.51. The summed E-state index contributed by atoms with van der Waals surface area (Å²) >= 11 is 0. The Hall–Kier alpha value is -1.26. The monoisotopic (exact) mass is 312 g/mol. The highest BCUT2D eigenvalue weighted by atomic mass is 35.5. The van der Waals surface area contributed by atoms with E-state index >= 15 is 0 Å². The van der Waals surface area contributed by atoms with Gasteiger partial charge in [-0.1, -0.05) is 30.5 Å². The standard InChI is InChI=1S/C16H24N2O2.ClH/c1-13-5-7-14(8-6-13)20-12-4-11-18-15(19)16(17)9-2-3-10-16;/h5-8H,2-4,9-12,17H2,1H3,(H,18,19);1H. The van der Waals surface area contributed by atoms with Crippen LogP contribution in [-0.4, -0.2) is 24.6 Å². The van der Waals surface area contributed by atoms with Gasteiger partial charge in [0.25, 0.3) is 0 Å². The number of aryl methyl sites for hydroxylation is 1. The predicted octanol–water partition coefficient (Wildman–Crippen LogP) is 2.57. The average molecular weight is 313 g/mol. The van der Waals surface area contributed by atoms with E-state index in [1.165, 1.54) is 5.56 Å². The molecule has 0 saturated heterocycles. The molecule has 5 heteroatoms. The minimum absolute atomic E-state index is 0. The Labute approximate surface area is 132 Å². The number of nitrogens with two attached hydrogens (primary N) is 1. The van der Waals surface area contributed by atoms with Gasteiger partial charge in [-0.2, -0.15) is 0 Å². The van der Waals surface area contributed by atoms with Crippen molar-refractivity contribution < 1.29 is 9.53 Å². The van der Waals surface area contributed by atoms with E-state index in [1.54, 1.807) is 0 Å². The SMILES string of the molecule is Cc1ccc(OCCCNC(=O)C2(N)CCCC2)cc1.Cl. The molecule has 0 heterocycles. The van der Waals surface area contributed by atoms with Crippen LogP contribution >= 0.6 is 12.4 Å². The number of hydrogen-bond donors (Lipinski definition) is 2. The summed E-state index contributed by atoms with van der Waals surface area (Å²) in [5.74, 6) is 0.860. The van der Waals surface area contributed by atoms with E-state index in [2.05, 4.69) is 5.32 Å². The fourth-order valence-electron chi connectivity index (χ4n) is 2.51. The van der Waals surface area contributed by atoms with Gasteiger partial charge in [-0.05, 0) is 38.3 Å². The van der Waals surface area contributed by atoms with E-state index in [1.807, 2.05) is 31.2 Å². The van der Waals surface area contributed by atoms with E-state index in [0.29, 0.717) is 13.2 Å². The largest absolute Gasteiger partial charge is 0.494 e. The fraction of sp³-hybridized carbons (Fsp3) is 0.562. The zero-order valence-corrected chi connectivity index (χ0v) is 13.4. The molecule has 0 unspecified atom stereocenters. The Morgan fingerprint density at radius 1 is 1.29 bits per heavy atom. The molecule has 1 aromatic rings. The highest BCUT2D eigenvalue weighted by Crippen LogP contribution is 2.27. The van der Waals surface area contributed by atoms with Crippen molar-refractivity contribution in [1.82, 2.24) is 5.32 Å². The molecule has 2 rings (SSSR count). The van der Waals surface area contributed by atoms with Crippen LogP contribution in [0.3, 0.4) is 0 Å². The molecule has 0 atom stereocenters. The van der Waals surface area contributed by atoms with E-state index in [-0.39, 0.29) is 18.3 Å². The van der Waals surface area contributed by atoms with Gasteiger partial charge in [0.1, 0.15) is 5.75 Å². The van der Waals surface area contributed by atoms with Crippen LogP contribution in [0.1, 0.15) is 37.7 Å². The molecular weight excluding hydrogens is 288 g/mol. The smallest absolute Gasteiger partial charge is 0.240 e. The summed E-state index contributed by atoms with van der Waals surface area (Å²) in [6.07, 6.45) is 4.51. The average Bonchev–Trinajstić information content (AvgIpc) is 2.88. The number of carbonyl (C=O) groups excluding carboxylic acids is 1. The van der Waals surface area contributed by atoms with Crippen LogP contribution in [-0.2, 0) is 4.79 Å². The van der Waals surface area contributed by atoms with Gasteiger partial charge in [-0.25, -0.2) is 0 Å². The Morgan fingerprint density at radius 2 is 1.90 bits per heavy atom. The molecule has 0 radical (unpaired) electrons. The molecule has 3 N–H and O–H groups in total. The highest BCUT2D eigenvalue weighted by molar-refractivity contribution is 5.86. The van der Waals surface area contributed by atoms with Crippen LogP contribution in [0, 0.1) is 6.92 Å². The molecule has 0 aromatic heterocycles. The van der Waals surface area contributed by atoms with Gasteiger partial charge in [-0.15, -0.1) is 12.4 Å². The summed E-state index contributed by atoms with van der Waals surface area (Å²) in [5.41, 5.74) is 6.67. The molecule has 1 aliphatic rings. The van der Waals surface area contributed by atoms with Gasteiger partial charge in [0.15, 0.2) is 0 Å². The molecule has 1 amide bonds. The van der Waals surface area contributed by atoms with E-state index in [0.717, 1.165) is 37.9 Å². The van der Waals surface area contributed by atoms with Crippen molar-refractivity contribution in [3.8, 4) is 5.75 Å². The number of benzene rings is 1. The van der Waals surface area contributed by atoms with Gasteiger partial charge < -0.3 is 15.8 Å². The minimum Gasteiger partial charge on any atom is -0.494 e. The summed E-state index contributed by atoms with van der Waals surface area (Å²) in [4.78, 5) is 12.0. The topological polar surface area (TPSA) is 64.3 Å². The van der Waals surface area contributed by atoms with Gasteiger partial charge in [0, 0.05) is 6.54 Å². The summed E-state index contributed by atoms with van der Waals surface area (Å²) in [5, 5.41) is 2.92. The van der Waals surface area contributed by atoms with Crippen LogP contribution in [0.15, 0.2) is 24.3 Å². The first kappa shape index (κ1) is 17.8. The number of amides is 1. The number of hydrogen-bond acceptors (Lipinski definition) is 3. The number of halogens is 1. The molecule has 118 valence electrons. The summed E-state index contributed by atoms with van der Waals surface area (Å²) < 4.78 is 5.61. The second-order valence-electron chi connectivity index (χ2n) is 5.63. The lowest BCUT2D eigenvalue weighted by Gasteiger charge is -2.22. The van der Waals surface area contributed by atoms with E-state index in [4.69, 9.17) is 10.5 Å². The Balaban J connectivity index is 0.00000220. The third-order valence-corrected chi connectivity index (χ3v) is 3.84. The van der Waals surface area contributed by atoms with Crippen LogP contribution < -0.4 is 15.8 Å². The second kappa shape index (κ2) is 8.25. The maximum absolute atomic E-state index is 12.0. The Bertz CT molecular complexity index is 442. The molecule has 21 heavy (non-hydrogen) atoms. The van der Waals surface area contributed by atoms with Gasteiger partial charge in [-0.3, -0.25) is 4.79 Å². The van der Waals surface area contributed by atoms with Crippen LogP contribution in [0.25, 0.3) is 0 Å². The lowest BCUT2D eigenvalue weighted by molar-refractivity contribution is -0.126. The normalized spacial score (nSPS) is 16.1. The van der Waals surface area contributed by atoms with Crippen molar-refractivity contribution in [3.05, 3.63) is 29.8 Å². The van der Waals surface area contributed by atoms with Crippen molar-refractivity contribution in [2.45, 2.75) is 44.6 Å². The maximum atomic E-state index is 12.0. The molecule has 0 aliphatic heterocycles. The van der Waals surface area contributed by atoms with Crippen molar-refractivity contribution in [1.29, 1.82) is 0 Å². The second-order valence-corrected chi connectivity index (χ2v) is 5.63. The van der Waals surface area contributed by atoms with Gasteiger partial charge in [0.2, 0.25) is 5.91 Å². The first-order valence-electron chi connectivity index (χ1n) is 7.37. The first-order valence-corrected chi connectivity index (χ1v) is 7.37. The Kier molecular flexibility index (Phi) is 6.99. The molecule has 1 aliphatic carbocycles. The summed E-state index contributed by atoms with van der Waals surface area (Å²) in [6, 6.07) is 7.97. The molecule has 0 bridgehead atoms. The molecule has 0 spiro atoms. The van der Waals surface area contributed by atoms with Crippen LogP contribution in [0.5, 0.6) is 5.75 Å². The number of nitrogens with one attached hydrogen (secondary N) is 1. The van der Waals surface area contributed by atoms with Crippen molar-refractivity contribution in [2.75, 3.05) is 13.2 Å².